The van der Waals surface area contributed by atoms with Crippen LogP contribution >= 0.6 is 0 Å². The summed E-state index contributed by atoms with van der Waals surface area (Å²) in [6.45, 7) is 6.67. The third kappa shape index (κ3) is 3.18. The highest BCUT2D eigenvalue weighted by molar-refractivity contribution is 5.95. The summed E-state index contributed by atoms with van der Waals surface area (Å²) in [5.74, 6) is 0.358. The number of carbonyl (C=O) groups excluding carboxylic acids is 3. The molecule has 166 valence electrons. The third-order valence-corrected chi connectivity index (χ3v) is 9.70. The second kappa shape index (κ2) is 7.56. The van der Waals surface area contributed by atoms with Gasteiger partial charge in [-0.1, -0.05) is 20.8 Å². The Bertz CT molecular complexity index is 788. The van der Waals surface area contributed by atoms with Crippen LogP contribution in [-0.2, 0) is 19.1 Å². The molecule has 0 amide bonds. The van der Waals surface area contributed by atoms with Gasteiger partial charge in [0.25, 0.3) is 0 Å². The Balaban J connectivity index is 1.58. The molecule has 3 saturated carbocycles. The Labute approximate surface area is 179 Å². The van der Waals surface area contributed by atoms with E-state index < -0.39 is 17.0 Å². The van der Waals surface area contributed by atoms with Gasteiger partial charge in [0, 0.05) is 25.2 Å². The van der Waals surface area contributed by atoms with Crippen molar-refractivity contribution >= 4 is 17.5 Å². The highest BCUT2D eigenvalue weighted by Gasteiger charge is 2.63. The monoisotopic (exact) mass is 418 g/mol. The zero-order valence-electron chi connectivity index (χ0n) is 18.7. The second-order valence-corrected chi connectivity index (χ2v) is 10.9. The fourth-order valence-corrected chi connectivity index (χ4v) is 8.00. The van der Waals surface area contributed by atoms with Crippen molar-refractivity contribution in [2.75, 3.05) is 7.11 Å². The first-order valence-electron chi connectivity index (χ1n) is 11.6. The number of carbonyl (C=O) groups is 3. The standard InChI is InChI=1S/C25H35FO4/c1-14(5-8-22(29)30-4)16-6-7-17-23-18(9-10-24(16,17)2)25(3)13-19(26)20(27)11-15(25)12-21(23)28/h13-18,23H,5-12H2,1-4H3/t14?,15-,16+,17-,18-,23-,24+,25-/m0/s1. The predicted octanol–water partition coefficient (Wildman–Crippen LogP) is 5.06. The van der Waals surface area contributed by atoms with Crippen molar-refractivity contribution in [2.24, 2.45) is 46.3 Å². The van der Waals surface area contributed by atoms with Crippen LogP contribution in [0.15, 0.2) is 11.9 Å². The number of hydrogen-bond donors (Lipinski definition) is 0. The molecule has 4 rings (SSSR count). The maximum absolute atomic E-state index is 14.3. The van der Waals surface area contributed by atoms with Gasteiger partial charge in [-0.05, 0) is 78.6 Å². The van der Waals surface area contributed by atoms with Crippen molar-refractivity contribution in [3.63, 3.8) is 0 Å². The van der Waals surface area contributed by atoms with Gasteiger partial charge in [-0.15, -0.1) is 0 Å². The minimum atomic E-state index is -0.601. The zero-order valence-corrected chi connectivity index (χ0v) is 18.7. The molecular formula is C25H35FO4. The lowest BCUT2D eigenvalue weighted by molar-refractivity contribution is -0.150. The maximum atomic E-state index is 14.3. The first-order chi connectivity index (χ1) is 14.1. The number of esters is 1. The van der Waals surface area contributed by atoms with E-state index in [1.54, 1.807) is 6.08 Å². The van der Waals surface area contributed by atoms with Crippen molar-refractivity contribution < 1.29 is 23.5 Å². The van der Waals surface area contributed by atoms with Gasteiger partial charge in [0.05, 0.1) is 7.11 Å². The normalized spacial score (nSPS) is 43.9. The van der Waals surface area contributed by atoms with Gasteiger partial charge in [-0.25, -0.2) is 4.39 Å². The number of ketones is 2. The Morgan fingerprint density at radius 3 is 2.63 bits per heavy atom. The summed E-state index contributed by atoms with van der Waals surface area (Å²) in [4.78, 5) is 36.9. The second-order valence-electron chi connectivity index (χ2n) is 10.9. The molecule has 0 N–H and O–H groups in total. The zero-order chi connectivity index (χ0) is 21.8. The number of fused-ring (bicyclic) bond motifs is 5. The molecule has 1 unspecified atom stereocenters. The Hall–Kier alpha value is -1.52. The first kappa shape index (κ1) is 21.7. The van der Waals surface area contributed by atoms with Gasteiger partial charge in [0.15, 0.2) is 11.6 Å². The van der Waals surface area contributed by atoms with Crippen LogP contribution in [0.1, 0.15) is 72.1 Å². The lowest BCUT2D eigenvalue weighted by atomic mass is 9.45. The molecule has 0 spiro atoms. The summed E-state index contributed by atoms with van der Waals surface area (Å²) in [7, 11) is 1.43. The van der Waals surface area contributed by atoms with E-state index in [0.29, 0.717) is 36.4 Å². The van der Waals surface area contributed by atoms with E-state index in [2.05, 4.69) is 20.8 Å². The fourth-order valence-electron chi connectivity index (χ4n) is 8.00. The van der Waals surface area contributed by atoms with Crippen LogP contribution in [0.25, 0.3) is 0 Å². The molecule has 4 aliphatic carbocycles. The van der Waals surface area contributed by atoms with Gasteiger partial charge in [0.2, 0.25) is 0 Å². The van der Waals surface area contributed by atoms with Gasteiger partial charge in [-0.3, -0.25) is 14.4 Å². The molecule has 0 heterocycles. The van der Waals surface area contributed by atoms with E-state index in [0.717, 1.165) is 32.1 Å². The van der Waals surface area contributed by atoms with Crippen molar-refractivity contribution in [3.8, 4) is 0 Å². The molecule has 0 aromatic heterocycles. The summed E-state index contributed by atoms with van der Waals surface area (Å²) < 4.78 is 19.1. The quantitative estimate of drug-likeness (QED) is 0.599. The molecule has 0 bridgehead atoms. The van der Waals surface area contributed by atoms with Crippen LogP contribution in [0.2, 0.25) is 0 Å². The van der Waals surface area contributed by atoms with E-state index in [-0.39, 0.29) is 35.6 Å². The number of rotatable bonds is 4. The molecule has 30 heavy (non-hydrogen) atoms. The van der Waals surface area contributed by atoms with Crippen LogP contribution in [0.5, 0.6) is 0 Å². The molecular weight excluding hydrogens is 383 g/mol. The topological polar surface area (TPSA) is 60.4 Å². The third-order valence-electron chi connectivity index (χ3n) is 9.70. The molecule has 4 nitrogen and oxygen atoms in total. The van der Waals surface area contributed by atoms with Crippen molar-refractivity contribution in [1.29, 1.82) is 0 Å². The SMILES string of the molecule is COC(=O)CCC(C)[C@H]1CC[C@H]2[C@@H]3C(=O)C[C@@H]4CC(=O)C(F)=C[C@]4(C)[C@H]3CC[C@]12C. The fraction of sp³-hybridized carbons (Fsp3) is 0.800. The lowest BCUT2D eigenvalue weighted by Crippen LogP contribution is -2.56. The molecule has 8 atom stereocenters. The largest absolute Gasteiger partial charge is 0.469 e. The van der Waals surface area contributed by atoms with Crippen molar-refractivity contribution in [3.05, 3.63) is 11.9 Å². The number of Topliss-reactive ketones (excluding diaryl/α,β-unsaturated/α-hetero) is 2. The summed E-state index contributed by atoms with van der Waals surface area (Å²) in [6, 6.07) is 0. The molecule has 0 aromatic rings. The molecule has 4 aliphatic rings. The van der Waals surface area contributed by atoms with Crippen LogP contribution in [-0.4, -0.2) is 24.6 Å². The lowest BCUT2D eigenvalue weighted by Gasteiger charge is -2.58. The maximum Gasteiger partial charge on any atom is 0.305 e. The molecule has 5 heteroatoms. The number of hydrogen-bond acceptors (Lipinski definition) is 4. The van der Waals surface area contributed by atoms with E-state index >= 15 is 0 Å². The van der Waals surface area contributed by atoms with Crippen LogP contribution < -0.4 is 0 Å². The molecule has 3 fully saturated rings. The van der Waals surface area contributed by atoms with E-state index in [1.165, 1.54) is 7.11 Å². The highest BCUT2D eigenvalue weighted by atomic mass is 19.1. The van der Waals surface area contributed by atoms with Crippen molar-refractivity contribution in [1.82, 2.24) is 0 Å². The van der Waals surface area contributed by atoms with Gasteiger partial charge in [-0.2, -0.15) is 0 Å². The minimum absolute atomic E-state index is 0.0277. The van der Waals surface area contributed by atoms with E-state index in [9.17, 15) is 18.8 Å². The molecule has 0 aromatic carbocycles. The number of halogens is 1. The number of ether oxygens (including phenoxy) is 1. The predicted molar refractivity (Wildman–Crippen MR) is 111 cm³/mol. The number of methoxy groups -OCH3 is 1. The molecule has 0 radical (unpaired) electrons. The van der Waals surface area contributed by atoms with Gasteiger partial charge < -0.3 is 4.74 Å². The average Bonchev–Trinajstić information content (AvgIpc) is 3.05. The summed E-state index contributed by atoms with van der Waals surface area (Å²) in [5.41, 5.74) is -0.311. The number of allylic oxidation sites excluding steroid dienone is 2. The summed E-state index contributed by atoms with van der Waals surface area (Å²) in [6.07, 6.45) is 7.47. The van der Waals surface area contributed by atoms with Crippen LogP contribution in [0.4, 0.5) is 4.39 Å². The molecule has 0 aliphatic heterocycles. The average molecular weight is 419 g/mol. The smallest absolute Gasteiger partial charge is 0.305 e. The highest BCUT2D eigenvalue weighted by Crippen LogP contribution is 2.67. The van der Waals surface area contributed by atoms with Gasteiger partial charge in [0.1, 0.15) is 5.78 Å². The minimum Gasteiger partial charge on any atom is -0.469 e. The van der Waals surface area contributed by atoms with Gasteiger partial charge >= 0.3 is 5.97 Å². The van der Waals surface area contributed by atoms with Crippen LogP contribution in [0.3, 0.4) is 0 Å². The first-order valence-corrected chi connectivity index (χ1v) is 11.6. The van der Waals surface area contributed by atoms with E-state index in [1.807, 2.05) is 0 Å². The molecule has 0 saturated heterocycles. The Kier molecular flexibility index (Phi) is 5.47. The summed E-state index contributed by atoms with van der Waals surface area (Å²) >= 11 is 0. The van der Waals surface area contributed by atoms with E-state index in [4.69, 9.17) is 4.74 Å². The Morgan fingerprint density at radius 2 is 1.93 bits per heavy atom. The van der Waals surface area contributed by atoms with Crippen LogP contribution in [0, 0.1) is 46.3 Å². The Morgan fingerprint density at radius 1 is 1.20 bits per heavy atom. The summed E-state index contributed by atoms with van der Waals surface area (Å²) in [5, 5.41) is 0. The van der Waals surface area contributed by atoms with Crippen molar-refractivity contribution in [2.45, 2.75) is 72.1 Å².